The van der Waals surface area contributed by atoms with Gasteiger partial charge < -0.3 is 0 Å². The first-order valence-electron chi connectivity index (χ1n) is 7.86. The maximum atomic E-state index is 3.36. The van der Waals surface area contributed by atoms with Crippen molar-refractivity contribution in [2.24, 2.45) is 0 Å². The van der Waals surface area contributed by atoms with Crippen LogP contribution in [0.3, 0.4) is 0 Å². The highest BCUT2D eigenvalue weighted by molar-refractivity contribution is 5.11. The predicted molar refractivity (Wildman–Crippen MR) is 91.4 cm³/mol. The van der Waals surface area contributed by atoms with E-state index in [-0.39, 0.29) is 0 Å². The molecule has 0 bridgehead atoms. The monoisotopic (exact) mass is 256 g/mol. The zero-order valence-electron chi connectivity index (χ0n) is 14.8. The maximum Gasteiger partial charge on any atom is -0.0320 e. The van der Waals surface area contributed by atoms with E-state index in [1.165, 1.54) is 32.1 Å². The molecule has 0 fully saturated rings. The van der Waals surface area contributed by atoms with Gasteiger partial charge in [-0.2, -0.15) is 0 Å². The molecule has 112 valence electrons. The van der Waals surface area contributed by atoms with Crippen LogP contribution >= 0.6 is 0 Å². The Bertz CT molecular complexity index is 137. The van der Waals surface area contributed by atoms with Crippen LogP contribution in [0, 0.1) is 0 Å². The molecule has 0 heterocycles. The van der Waals surface area contributed by atoms with Crippen molar-refractivity contribution in [1.29, 1.82) is 0 Å². The Hall–Kier alpha value is -0.520. The van der Waals surface area contributed by atoms with Crippen LogP contribution in [0.15, 0.2) is 23.8 Å². The van der Waals surface area contributed by atoms with Gasteiger partial charge in [-0.05, 0) is 46.5 Å². The highest BCUT2D eigenvalue weighted by Crippen LogP contribution is 2.22. The molecule has 1 aliphatic rings. The first-order chi connectivity index (χ1) is 8.63. The van der Waals surface area contributed by atoms with Gasteiger partial charge in [0.1, 0.15) is 0 Å². The lowest BCUT2D eigenvalue weighted by Crippen LogP contribution is -1.92. The van der Waals surface area contributed by atoms with Crippen molar-refractivity contribution in [3.63, 3.8) is 0 Å². The van der Waals surface area contributed by atoms with E-state index in [0.717, 1.165) is 0 Å². The summed E-state index contributed by atoms with van der Waals surface area (Å²) in [5, 5.41) is 0. The Morgan fingerprint density at radius 2 is 1.06 bits per heavy atom. The minimum atomic E-state index is 1.25. The summed E-state index contributed by atoms with van der Waals surface area (Å²) >= 11 is 0. The fourth-order valence-corrected chi connectivity index (χ4v) is 1.21. The summed E-state index contributed by atoms with van der Waals surface area (Å²) in [6.07, 6.45) is 8.55. The first kappa shape index (κ1) is 26.1. The van der Waals surface area contributed by atoms with Crippen molar-refractivity contribution in [2.45, 2.75) is 94.4 Å². The van der Waals surface area contributed by atoms with Gasteiger partial charge in [-0.25, -0.2) is 0 Å². The lowest BCUT2D eigenvalue weighted by atomic mass is 9.94. The first-order valence-corrected chi connectivity index (χ1v) is 7.86. The molecule has 0 nitrogen and oxygen atoms in total. The second-order valence-electron chi connectivity index (χ2n) is 3.88. The SMILES string of the molecule is C=CC.CC.CC.CC1=C(C)CCCC1.CCC. The van der Waals surface area contributed by atoms with E-state index >= 15 is 0 Å². The van der Waals surface area contributed by atoms with Crippen LogP contribution in [0.4, 0.5) is 0 Å². The van der Waals surface area contributed by atoms with Gasteiger partial charge in [0.25, 0.3) is 0 Å². The molecule has 0 unspecified atom stereocenters. The highest BCUT2D eigenvalue weighted by Gasteiger charge is 2.02. The van der Waals surface area contributed by atoms with Gasteiger partial charge in [-0.15, -0.1) is 6.58 Å². The molecule has 0 radical (unpaired) electrons. The van der Waals surface area contributed by atoms with Gasteiger partial charge in [-0.1, -0.05) is 65.2 Å². The van der Waals surface area contributed by atoms with Crippen molar-refractivity contribution >= 4 is 0 Å². The molecule has 0 saturated heterocycles. The second kappa shape index (κ2) is 30.0. The third kappa shape index (κ3) is 29.6. The van der Waals surface area contributed by atoms with Gasteiger partial charge in [0, 0.05) is 0 Å². The van der Waals surface area contributed by atoms with Crippen LogP contribution in [0.1, 0.15) is 94.4 Å². The van der Waals surface area contributed by atoms with Gasteiger partial charge in [-0.3, -0.25) is 0 Å². The molecule has 18 heavy (non-hydrogen) atoms. The van der Waals surface area contributed by atoms with Crippen LogP contribution in [-0.4, -0.2) is 0 Å². The third-order valence-electron chi connectivity index (χ3n) is 2.08. The smallest absolute Gasteiger partial charge is 0.0320 e. The van der Waals surface area contributed by atoms with E-state index in [0.29, 0.717) is 0 Å². The van der Waals surface area contributed by atoms with Crippen LogP contribution in [-0.2, 0) is 0 Å². The molecule has 0 aromatic heterocycles. The molecule has 0 aromatic carbocycles. The minimum absolute atomic E-state index is 1.25. The largest absolute Gasteiger partial charge is 0.103 e. The molecule has 1 rings (SSSR count). The standard InChI is InChI=1S/C8H14.C3H8.C3H6.2C2H6/c1-7-5-3-4-6-8(7)2;2*1-3-2;2*1-2/h3-6H2,1-2H3;3H2,1-2H3;3H,1H2,2H3;2*1-2H3. The van der Waals surface area contributed by atoms with Crippen molar-refractivity contribution < 1.29 is 0 Å². The van der Waals surface area contributed by atoms with Crippen LogP contribution < -0.4 is 0 Å². The molecule has 0 aliphatic heterocycles. The lowest BCUT2D eigenvalue weighted by Gasteiger charge is -2.12. The normalized spacial score (nSPS) is 12.1. The Balaban J connectivity index is -0.0000000834. The molecule has 0 aromatic rings. The third-order valence-corrected chi connectivity index (χ3v) is 2.08. The minimum Gasteiger partial charge on any atom is -0.103 e. The van der Waals surface area contributed by atoms with Crippen molar-refractivity contribution in [1.82, 2.24) is 0 Å². The maximum absolute atomic E-state index is 3.36. The zero-order chi connectivity index (χ0) is 15.4. The molecule has 0 amide bonds. The summed E-state index contributed by atoms with van der Waals surface area (Å²) in [4.78, 5) is 0. The number of allylic oxidation sites excluding steroid dienone is 3. The summed E-state index contributed by atoms with van der Waals surface area (Å²) in [7, 11) is 0. The van der Waals surface area contributed by atoms with Crippen molar-refractivity contribution in [2.75, 3.05) is 0 Å². The summed E-state index contributed by atoms with van der Waals surface area (Å²) in [5.41, 5.74) is 3.27. The number of rotatable bonds is 0. The Labute approximate surface area is 119 Å². The molecule has 0 heteroatoms. The zero-order valence-corrected chi connectivity index (χ0v) is 14.8. The van der Waals surface area contributed by atoms with Crippen LogP contribution in [0.5, 0.6) is 0 Å². The van der Waals surface area contributed by atoms with E-state index < -0.39 is 0 Å². The van der Waals surface area contributed by atoms with Crippen LogP contribution in [0.25, 0.3) is 0 Å². The fraction of sp³-hybridized carbons (Fsp3) is 0.778. The topological polar surface area (TPSA) is 0 Å². The molecular formula is C18H40. The van der Waals surface area contributed by atoms with Gasteiger partial charge >= 0.3 is 0 Å². The molecule has 0 saturated carbocycles. The summed E-state index contributed by atoms with van der Waals surface area (Å²) in [6.45, 7) is 22.0. The Kier molecular flexibility index (Phi) is 43.5. The lowest BCUT2D eigenvalue weighted by molar-refractivity contribution is 0.672. The van der Waals surface area contributed by atoms with E-state index in [1.807, 2.05) is 34.6 Å². The van der Waals surface area contributed by atoms with Crippen molar-refractivity contribution in [3.8, 4) is 0 Å². The molecule has 0 spiro atoms. The molecular weight excluding hydrogens is 216 g/mol. The highest BCUT2D eigenvalue weighted by atomic mass is 14.1. The van der Waals surface area contributed by atoms with Gasteiger partial charge in [0.2, 0.25) is 0 Å². The van der Waals surface area contributed by atoms with Gasteiger partial charge in [0.15, 0.2) is 0 Å². The number of hydrogen-bond acceptors (Lipinski definition) is 0. The van der Waals surface area contributed by atoms with E-state index in [9.17, 15) is 0 Å². The fourth-order valence-electron chi connectivity index (χ4n) is 1.21. The van der Waals surface area contributed by atoms with Crippen molar-refractivity contribution in [3.05, 3.63) is 23.8 Å². The predicted octanol–water partition coefficient (Wildman–Crippen LogP) is 7.56. The van der Waals surface area contributed by atoms with E-state index in [2.05, 4.69) is 34.3 Å². The van der Waals surface area contributed by atoms with E-state index in [1.54, 1.807) is 17.2 Å². The molecule has 0 N–H and O–H groups in total. The summed E-state index contributed by atoms with van der Waals surface area (Å²) in [5.74, 6) is 0. The quantitative estimate of drug-likeness (QED) is 0.392. The Morgan fingerprint density at radius 1 is 0.889 bits per heavy atom. The second-order valence-corrected chi connectivity index (χ2v) is 3.88. The average Bonchev–Trinajstić information content (AvgIpc) is 2.40. The number of hydrogen-bond donors (Lipinski definition) is 0. The summed E-state index contributed by atoms with van der Waals surface area (Å²) in [6, 6.07) is 0. The van der Waals surface area contributed by atoms with Gasteiger partial charge in [0.05, 0.1) is 0 Å². The van der Waals surface area contributed by atoms with E-state index in [4.69, 9.17) is 0 Å². The average molecular weight is 257 g/mol. The van der Waals surface area contributed by atoms with Crippen LogP contribution in [0.2, 0.25) is 0 Å². The molecule has 1 aliphatic carbocycles. The molecule has 0 atom stereocenters. The summed E-state index contributed by atoms with van der Waals surface area (Å²) < 4.78 is 0. The Morgan fingerprint density at radius 3 is 1.17 bits per heavy atom.